The summed E-state index contributed by atoms with van der Waals surface area (Å²) >= 11 is 6.24. The number of hydrogen-bond acceptors (Lipinski definition) is 2. The van der Waals surface area contributed by atoms with E-state index >= 15 is 0 Å². The lowest BCUT2D eigenvalue weighted by molar-refractivity contribution is -0.160. The highest BCUT2D eigenvalue weighted by Gasteiger charge is 2.68. The fourth-order valence-corrected chi connectivity index (χ4v) is 6.99. The SMILES string of the molecule is CC1(C)c2[nH]c3cc(Cl)ccc3c2C[C@@]23CN4CCCC4(CC12)C(=O)N3. The lowest BCUT2D eigenvalue weighted by atomic mass is 9.51. The van der Waals surface area contributed by atoms with Gasteiger partial charge in [-0.25, -0.2) is 0 Å². The van der Waals surface area contributed by atoms with Crippen molar-refractivity contribution in [2.75, 3.05) is 13.1 Å². The Morgan fingerprint density at radius 3 is 3.00 bits per heavy atom. The number of amides is 1. The molecule has 5 heterocycles. The fourth-order valence-electron chi connectivity index (χ4n) is 6.82. The number of benzene rings is 1. The van der Waals surface area contributed by atoms with Gasteiger partial charge in [0.05, 0.1) is 5.54 Å². The second kappa shape index (κ2) is 4.48. The molecule has 5 aliphatic rings. The average molecular weight is 370 g/mol. The summed E-state index contributed by atoms with van der Waals surface area (Å²) in [6, 6.07) is 6.13. The number of aromatic nitrogens is 1. The van der Waals surface area contributed by atoms with Gasteiger partial charge in [0.2, 0.25) is 5.91 Å². The number of carbonyl (C=O) groups is 1. The Morgan fingerprint density at radius 2 is 2.15 bits per heavy atom. The quantitative estimate of drug-likeness (QED) is 0.748. The topological polar surface area (TPSA) is 48.1 Å². The molecule has 1 aromatic carbocycles. The van der Waals surface area contributed by atoms with E-state index < -0.39 is 0 Å². The number of aromatic amines is 1. The van der Waals surface area contributed by atoms with Crippen molar-refractivity contribution in [3.05, 3.63) is 34.5 Å². The number of rotatable bonds is 0. The first kappa shape index (κ1) is 15.5. The van der Waals surface area contributed by atoms with Crippen LogP contribution in [0.1, 0.15) is 44.4 Å². The molecule has 136 valence electrons. The first-order chi connectivity index (χ1) is 12.4. The Balaban J connectivity index is 1.59. The maximum absolute atomic E-state index is 13.1. The molecule has 1 aliphatic carbocycles. The number of hydrogen-bond donors (Lipinski definition) is 2. The molecule has 3 atom stereocenters. The molecule has 0 radical (unpaired) electrons. The lowest BCUT2D eigenvalue weighted by Crippen LogP contribution is -2.82. The molecule has 2 unspecified atom stereocenters. The van der Waals surface area contributed by atoms with Crippen LogP contribution >= 0.6 is 11.6 Å². The summed E-state index contributed by atoms with van der Waals surface area (Å²) in [4.78, 5) is 19.3. The van der Waals surface area contributed by atoms with E-state index in [1.807, 2.05) is 12.1 Å². The highest BCUT2D eigenvalue weighted by atomic mass is 35.5. The van der Waals surface area contributed by atoms with Crippen molar-refractivity contribution in [1.82, 2.24) is 15.2 Å². The molecule has 2 spiro atoms. The van der Waals surface area contributed by atoms with Crippen LogP contribution in [0.15, 0.2) is 18.2 Å². The molecule has 26 heavy (non-hydrogen) atoms. The van der Waals surface area contributed by atoms with Crippen molar-refractivity contribution in [3.63, 3.8) is 0 Å². The molecule has 1 aromatic heterocycles. The standard InChI is InChI=1S/C21H24ClN3O/c1-19(2)16-10-21-6-3-7-25(21)11-20(16,24-18(21)26)9-14-13-5-4-12(22)8-15(13)23-17(14)19/h4-5,8,16,23H,3,6-7,9-11H2,1-2H3,(H,24,26)/t16?,20-,21?/m1/s1. The number of nitrogens with one attached hydrogen (secondary N) is 2. The zero-order valence-corrected chi connectivity index (χ0v) is 16.0. The number of halogens is 1. The average Bonchev–Trinajstić information content (AvgIpc) is 3.15. The van der Waals surface area contributed by atoms with E-state index in [9.17, 15) is 4.79 Å². The molecule has 4 nitrogen and oxygen atoms in total. The van der Waals surface area contributed by atoms with E-state index in [0.717, 1.165) is 49.3 Å². The molecule has 2 aromatic rings. The van der Waals surface area contributed by atoms with Gasteiger partial charge in [0, 0.05) is 33.6 Å². The number of H-pyrrole nitrogens is 1. The first-order valence-electron chi connectivity index (χ1n) is 9.74. The molecule has 0 saturated carbocycles. The van der Waals surface area contributed by atoms with Crippen LogP contribution in [0.2, 0.25) is 5.02 Å². The van der Waals surface area contributed by atoms with E-state index in [4.69, 9.17) is 11.6 Å². The number of nitrogens with zero attached hydrogens (tertiary/aromatic N) is 1. The van der Waals surface area contributed by atoms with E-state index in [0.29, 0.717) is 5.92 Å². The molecule has 4 saturated heterocycles. The molecule has 2 N–H and O–H groups in total. The summed E-state index contributed by atoms with van der Waals surface area (Å²) in [5, 5.41) is 5.55. The summed E-state index contributed by atoms with van der Waals surface area (Å²) in [6.45, 7) is 6.78. The van der Waals surface area contributed by atoms with Crippen LogP contribution in [0, 0.1) is 5.92 Å². The van der Waals surface area contributed by atoms with Gasteiger partial charge in [-0.2, -0.15) is 0 Å². The maximum Gasteiger partial charge on any atom is 0.241 e. The molecule has 5 heteroatoms. The molecular weight excluding hydrogens is 346 g/mol. The van der Waals surface area contributed by atoms with Crippen LogP contribution in [-0.2, 0) is 16.6 Å². The summed E-state index contributed by atoms with van der Waals surface area (Å²) in [5.41, 5.74) is 3.42. The minimum Gasteiger partial charge on any atom is -0.358 e. The third-order valence-corrected chi connectivity index (χ3v) is 8.20. The summed E-state index contributed by atoms with van der Waals surface area (Å²) in [5.74, 6) is 0.734. The van der Waals surface area contributed by atoms with Crippen molar-refractivity contribution in [3.8, 4) is 0 Å². The van der Waals surface area contributed by atoms with Gasteiger partial charge in [0.15, 0.2) is 0 Å². The van der Waals surface area contributed by atoms with Gasteiger partial charge in [-0.1, -0.05) is 31.5 Å². The molecule has 7 rings (SSSR count). The molecule has 2 bridgehead atoms. The van der Waals surface area contributed by atoms with Gasteiger partial charge in [-0.3, -0.25) is 9.69 Å². The van der Waals surface area contributed by atoms with E-state index in [-0.39, 0.29) is 22.4 Å². The van der Waals surface area contributed by atoms with Crippen LogP contribution in [-0.4, -0.2) is 40.0 Å². The van der Waals surface area contributed by atoms with E-state index in [2.05, 4.69) is 35.1 Å². The lowest BCUT2D eigenvalue weighted by Gasteiger charge is -2.65. The Labute approximate surface area is 158 Å². The number of fused-ring (bicyclic) bond motifs is 4. The molecular formula is C21H24ClN3O. The fraction of sp³-hybridized carbons (Fsp3) is 0.571. The van der Waals surface area contributed by atoms with Gasteiger partial charge in [-0.15, -0.1) is 0 Å². The Hall–Kier alpha value is -1.52. The van der Waals surface area contributed by atoms with Crippen molar-refractivity contribution < 1.29 is 4.79 Å². The van der Waals surface area contributed by atoms with Gasteiger partial charge < -0.3 is 10.3 Å². The summed E-state index contributed by atoms with van der Waals surface area (Å²) in [6.07, 6.45) is 4.05. The molecule has 1 amide bonds. The van der Waals surface area contributed by atoms with Gasteiger partial charge >= 0.3 is 0 Å². The monoisotopic (exact) mass is 369 g/mol. The third-order valence-electron chi connectivity index (χ3n) is 7.97. The van der Waals surface area contributed by atoms with Crippen LogP contribution in [0.3, 0.4) is 0 Å². The second-order valence-electron chi connectivity index (χ2n) is 9.49. The molecule has 4 fully saturated rings. The van der Waals surface area contributed by atoms with Gasteiger partial charge in [0.1, 0.15) is 5.54 Å². The Morgan fingerprint density at radius 1 is 1.31 bits per heavy atom. The predicted octanol–water partition coefficient (Wildman–Crippen LogP) is 3.38. The largest absolute Gasteiger partial charge is 0.358 e. The minimum absolute atomic E-state index is 0.00550. The number of piperazine rings is 1. The smallest absolute Gasteiger partial charge is 0.241 e. The summed E-state index contributed by atoms with van der Waals surface area (Å²) in [7, 11) is 0. The first-order valence-corrected chi connectivity index (χ1v) is 10.1. The van der Waals surface area contributed by atoms with Crippen molar-refractivity contribution in [2.24, 2.45) is 5.92 Å². The van der Waals surface area contributed by atoms with Crippen LogP contribution in [0.5, 0.6) is 0 Å². The Bertz CT molecular complexity index is 979. The Kier molecular flexibility index (Phi) is 2.67. The highest BCUT2D eigenvalue weighted by molar-refractivity contribution is 6.31. The second-order valence-corrected chi connectivity index (χ2v) is 9.93. The zero-order valence-electron chi connectivity index (χ0n) is 15.3. The third kappa shape index (κ3) is 1.60. The van der Waals surface area contributed by atoms with Crippen molar-refractivity contribution >= 4 is 28.4 Å². The predicted molar refractivity (Wildman–Crippen MR) is 103 cm³/mol. The van der Waals surface area contributed by atoms with Crippen molar-refractivity contribution in [2.45, 2.75) is 56.0 Å². The normalized spacial score (nSPS) is 37.3. The van der Waals surface area contributed by atoms with E-state index in [1.54, 1.807) is 0 Å². The van der Waals surface area contributed by atoms with Gasteiger partial charge in [0.25, 0.3) is 0 Å². The van der Waals surface area contributed by atoms with Gasteiger partial charge in [-0.05, 0) is 55.8 Å². The summed E-state index contributed by atoms with van der Waals surface area (Å²) < 4.78 is 0. The number of piperidine rings is 2. The van der Waals surface area contributed by atoms with Crippen molar-refractivity contribution in [1.29, 1.82) is 0 Å². The maximum atomic E-state index is 13.1. The molecule has 4 aliphatic heterocycles. The highest BCUT2D eigenvalue weighted by Crippen LogP contribution is 2.58. The van der Waals surface area contributed by atoms with Crippen LogP contribution in [0.25, 0.3) is 10.9 Å². The zero-order chi connectivity index (χ0) is 17.9. The van der Waals surface area contributed by atoms with Crippen LogP contribution < -0.4 is 5.32 Å². The number of carbonyl (C=O) groups excluding carboxylic acids is 1. The van der Waals surface area contributed by atoms with E-state index in [1.165, 1.54) is 16.6 Å². The minimum atomic E-state index is -0.253. The van der Waals surface area contributed by atoms with Crippen LogP contribution in [0.4, 0.5) is 0 Å².